The van der Waals surface area contributed by atoms with Gasteiger partial charge in [-0.25, -0.2) is 14.4 Å². The second kappa shape index (κ2) is 27.0. The summed E-state index contributed by atoms with van der Waals surface area (Å²) in [5, 5.41) is 134. The van der Waals surface area contributed by atoms with E-state index in [4.69, 9.17) is 52.1 Å². The molecule has 4 saturated carbocycles. The molecule has 0 aromatic carbocycles. The van der Waals surface area contributed by atoms with Crippen LogP contribution in [0.1, 0.15) is 135 Å². The Balaban J connectivity index is 1.01. The molecule has 4 aliphatic heterocycles. The zero-order valence-electron chi connectivity index (χ0n) is 54.8. The highest BCUT2D eigenvalue weighted by Crippen LogP contribution is 2.76. The lowest BCUT2D eigenvalue weighted by Gasteiger charge is -2.72. The van der Waals surface area contributed by atoms with Crippen LogP contribution >= 0.6 is 0 Å². The van der Waals surface area contributed by atoms with Gasteiger partial charge in [0.1, 0.15) is 79.4 Å². The number of allylic oxidation sites excluding steroid dienone is 4. The van der Waals surface area contributed by atoms with Crippen molar-refractivity contribution < 1.29 is 133 Å². The highest BCUT2D eigenvalue weighted by Gasteiger charge is 2.74. The number of hydrogen-bond donors (Lipinski definition) is 12. The number of aliphatic hydroxyl groups is 11. The molecule has 4 saturated heterocycles. The van der Waals surface area contributed by atoms with Crippen molar-refractivity contribution in [2.24, 2.45) is 50.2 Å². The third kappa shape index (κ3) is 12.2. The van der Waals surface area contributed by atoms with E-state index in [9.17, 15) is 80.5 Å². The minimum atomic E-state index is -2.13. The van der Waals surface area contributed by atoms with E-state index in [1.807, 2.05) is 27.7 Å². The Hall–Kier alpha value is -3.66. The van der Waals surface area contributed by atoms with E-state index in [1.165, 1.54) is 19.9 Å². The Bertz CT molecular complexity index is 2790. The Labute approximate surface area is 535 Å². The van der Waals surface area contributed by atoms with Crippen molar-refractivity contribution in [3.05, 3.63) is 34.9 Å². The molecule has 9 rings (SSSR count). The lowest BCUT2D eigenvalue weighted by atomic mass is 9.33. The third-order valence-corrected chi connectivity index (χ3v) is 23.6. The Morgan fingerprint density at radius 1 is 0.587 bits per heavy atom. The van der Waals surface area contributed by atoms with Gasteiger partial charge in [-0.1, -0.05) is 72.3 Å². The van der Waals surface area contributed by atoms with Crippen molar-refractivity contribution in [2.75, 3.05) is 19.8 Å². The summed E-state index contributed by atoms with van der Waals surface area (Å²) in [4.78, 5) is 53.0. The van der Waals surface area contributed by atoms with Crippen LogP contribution in [-0.2, 0) is 71.3 Å². The third-order valence-electron chi connectivity index (χ3n) is 23.6. The van der Waals surface area contributed by atoms with E-state index < -0.39 is 223 Å². The van der Waals surface area contributed by atoms with Gasteiger partial charge >= 0.3 is 23.9 Å². The number of carbonyl (C=O) groups excluding carboxylic acids is 3. The van der Waals surface area contributed by atoms with E-state index in [0.29, 0.717) is 32.1 Å². The van der Waals surface area contributed by atoms with Crippen molar-refractivity contribution in [1.82, 2.24) is 0 Å². The second-order valence-electron chi connectivity index (χ2n) is 29.3. The van der Waals surface area contributed by atoms with Crippen LogP contribution in [0.15, 0.2) is 34.9 Å². The average Bonchev–Trinajstić information content (AvgIpc) is 0.715. The standard InChI is InChI=1S/C65H100O27/c1-14-27(3)54(80)87-46-29(5)82-58(45(77)48(46)88-55(81)28(4)15-2)92-51-52(83-30(6)69)65(26-68)32(22-60(51,7)8)31-16-17-36-62(11)20-19-38(61(9,10)35(62)18-21-63(36,12)64(31,13)23-37(65)70)86-59-50(91-57-43(75)41(73)39(71)33(24-66)84-57)47(44(76)49(90-59)53(78)79)89-56-42(74)40(72)34(25-67)85-56/h14-16,29,32-52,56-59,66-68,70-77H,17-26H2,1-13H3,(H,78,79)/t29?,32?,33?,34-,35?,36?,37?,38-,39-,40+,41-,42?,43?,44-,45?,46?,47+,48?,49?,50?,51?,52?,56+,57-,58+,59-,62?,63?,64?,65?/m1/s1. The van der Waals surface area contributed by atoms with Gasteiger partial charge in [-0.3, -0.25) is 4.79 Å². The molecule has 0 spiro atoms. The van der Waals surface area contributed by atoms with E-state index in [-0.39, 0.29) is 35.8 Å². The number of aliphatic hydroxyl groups excluding tert-OH is 11. The van der Waals surface area contributed by atoms with Gasteiger partial charge in [0.2, 0.25) is 0 Å². The van der Waals surface area contributed by atoms with Gasteiger partial charge in [0.15, 0.2) is 43.5 Å². The first-order chi connectivity index (χ1) is 43.0. The molecule has 0 amide bonds. The molecule has 27 nitrogen and oxygen atoms in total. The maximum absolute atomic E-state index is 13.5. The van der Waals surface area contributed by atoms with Gasteiger partial charge in [-0.2, -0.15) is 0 Å². The number of ether oxygens (including phenoxy) is 11. The molecule has 30 atom stereocenters. The molecular weight excluding hydrogens is 1210 g/mol. The van der Waals surface area contributed by atoms with Crippen LogP contribution < -0.4 is 0 Å². The van der Waals surface area contributed by atoms with Crippen LogP contribution in [0, 0.1) is 50.2 Å². The zero-order valence-corrected chi connectivity index (χ0v) is 54.8. The predicted molar refractivity (Wildman–Crippen MR) is 316 cm³/mol. The summed E-state index contributed by atoms with van der Waals surface area (Å²) in [5.41, 5.74) is -3.55. The first-order valence-electron chi connectivity index (χ1n) is 32.3. The summed E-state index contributed by atoms with van der Waals surface area (Å²) < 4.78 is 67.8. The minimum absolute atomic E-state index is 0.0439. The molecule has 9 aliphatic rings. The van der Waals surface area contributed by atoms with Crippen LogP contribution in [0.3, 0.4) is 0 Å². The summed E-state index contributed by atoms with van der Waals surface area (Å²) in [7, 11) is 0. The fraction of sp³-hybridized carbons (Fsp3) is 0.846. The first kappa shape index (κ1) is 72.6. The molecule has 5 aliphatic carbocycles. The molecular formula is C65H100O27. The molecule has 0 radical (unpaired) electrons. The number of fused-ring (bicyclic) bond motifs is 7. The summed E-state index contributed by atoms with van der Waals surface area (Å²) >= 11 is 0. The summed E-state index contributed by atoms with van der Waals surface area (Å²) in [5.74, 6) is -4.65. The van der Waals surface area contributed by atoms with E-state index in [0.717, 1.165) is 5.57 Å². The van der Waals surface area contributed by atoms with Crippen molar-refractivity contribution in [3.8, 4) is 0 Å². The quantitative estimate of drug-likeness (QED) is 0.0314. The van der Waals surface area contributed by atoms with Crippen molar-refractivity contribution in [2.45, 2.75) is 276 Å². The number of carbonyl (C=O) groups is 4. The number of aliphatic carboxylic acids is 1. The highest BCUT2D eigenvalue weighted by atomic mass is 16.8. The normalized spacial score (nSPS) is 48.4. The second-order valence-corrected chi connectivity index (χ2v) is 29.3. The van der Waals surface area contributed by atoms with Gasteiger partial charge in [0.05, 0.1) is 43.5 Å². The fourth-order valence-corrected chi connectivity index (χ4v) is 17.9. The molecule has 0 bridgehead atoms. The molecule has 12 N–H and O–H groups in total. The highest BCUT2D eigenvalue weighted by molar-refractivity contribution is 5.88. The van der Waals surface area contributed by atoms with Crippen LogP contribution in [-0.4, -0.2) is 246 Å². The number of esters is 3. The topological polar surface area (TPSA) is 413 Å². The van der Waals surface area contributed by atoms with Crippen molar-refractivity contribution in [3.63, 3.8) is 0 Å². The monoisotopic (exact) mass is 1310 g/mol. The maximum Gasteiger partial charge on any atom is 0.335 e. The molecule has 8 fully saturated rings. The van der Waals surface area contributed by atoms with Crippen LogP contribution in [0.25, 0.3) is 0 Å². The molecule has 0 aromatic heterocycles. The smallest absolute Gasteiger partial charge is 0.335 e. The van der Waals surface area contributed by atoms with Crippen LogP contribution in [0.2, 0.25) is 0 Å². The Morgan fingerprint density at radius 3 is 1.70 bits per heavy atom. The maximum atomic E-state index is 13.5. The number of rotatable bonds is 17. The first-order valence-corrected chi connectivity index (χ1v) is 32.3. The number of carboxylic acids is 1. The lowest BCUT2D eigenvalue weighted by Crippen LogP contribution is -2.73. The SMILES string of the molecule is CC=C(C)C(=O)OC1C(C)O[C@@H](OC2C(OC(C)=O)C3(CO)C(O)CC4(C)C(=CCC5C6(C)CC[C@@H](O[C@@H]7OC(C(=O)O)[C@H](O)[C@H](O[C@@H]8O[C@H](CO)[C@H](O)C8O)C7O[C@H]7OC(CO)[C@@H](O)[C@@H](O)C7O)C(C)(C)C6CCC54C)C3CC2(C)C)C(O)C1OC(=O)C(C)=CC. The number of hydrogen-bond acceptors (Lipinski definition) is 26. The lowest BCUT2D eigenvalue weighted by molar-refractivity contribution is -0.386. The Kier molecular flexibility index (Phi) is 21.3. The van der Waals surface area contributed by atoms with Crippen molar-refractivity contribution in [1.29, 1.82) is 0 Å². The van der Waals surface area contributed by atoms with Crippen molar-refractivity contribution >= 4 is 23.9 Å². The van der Waals surface area contributed by atoms with E-state index in [2.05, 4.69) is 26.8 Å². The largest absolute Gasteiger partial charge is 0.479 e. The van der Waals surface area contributed by atoms with Gasteiger partial charge in [-0.15, -0.1) is 0 Å². The molecule has 27 heteroatoms. The molecule has 4 heterocycles. The predicted octanol–water partition coefficient (Wildman–Crippen LogP) is 0.715. The van der Waals surface area contributed by atoms with Gasteiger partial charge in [-0.05, 0) is 124 Å². The molecule has 19 unspecified atom stereocenters. The Morgan fingerprint density at radius 2 is 1.14 bits per heavy atom. The van der Waals surface area contributed by atoms with Gasteiger partial charge in [0, 0.05) is 18.1 Å². The zero-order chi connectivity index (χ0) is 68.0. The molecule has 522 valence electrons. The average molecular weight is 1310 g/mol. The minimum Gasteiger partial charge on any atom is -0.479 e. The molecule has 0 aromatic rings. The van der Waals surface area contributed by atoms with E-state index in [1.54, 1.807) is 33.8 Å². The van der Waals surface area contributed by atoms with Crippen LogP contribution in [0.4, 0.5) is 0 Å². The molecule has 92 heavy (non-hydrogen) atoms. The van der Waals surface area contributed by atoms with Gasteiger partial charge < -0.3 is 113 Å². The number of carboxylic acid groups (broad SMARTS) is 1. The fourth-order valence-electron chi connectivity index (χ4n) is 17.9. The van der Waals surface area contributed by atoms with Crippen LogP contribution in [0.5, 0.6) is 0 Å². The van der Waals surface area contributed by atoms with E-state index >= 15 is 0 Å². The summed E-state index contributed by atoms with van der Waals surface area (Å²) in [6.07, 6.45) is -28.8. The summed E-state index contributed by atoms with van der Waals surface area (Å²) in [6, 6.07) is 0. The summed E-state index contributed by atoms with van der Waals surface area (Å²) in [6.45, 7) is 21.5. The van der Waals surface area contributed by atoms with Gasteiger partial charge in [0.25, 0.3) is 0 Å².